The zero-order chi connectivity index (χ0) is 18.6. The fourth-order valence-corrected chi connectivity index (χ4v) is 3.86. The smallest absolute Gasteiger partial charge is 0.270 e. The van der Waals surface area contributed by atoms with Gasteiger partial charge in [-0.2, -0.15) is 0 Å². The molecule has 2 aromatic carbocycles. The molecule has 1 aliphatic rings. The molecule has 1 aromatic heterocycles. The number of hydrogen-bond donors (Lipinski definition) is 1. The molecule has 0 bridgehead atoms. The van der Waals surface area contributed by atoms with Crippen LogP contribution in [-0.4, -0.2) is 28.5 Å². The second-order valence-corrected chi connectivity index (χ2v) is 7.35. The van der Waals surface area contributed by atoms with Crippen LogP contribution < -0.4 is 5.32 Å². The minimum Gasteiger partial charge on any atom is -0.429 e. The Hall–Kier alpha value is -2.44. The number of hydrogen-bond acceptors (Lipinski definition) is 4. The van der Waals surface area contributed by atoms with Crippen molar-refractivity contribution < 1.29 is 9.21 Å². The Labute approximate surface area is 163 Å². The lowest BCUT2D eigenvalue weighted by Gasteiger charge is -2.31. The van der Waals surface area contributed by atoms with E-state index in [-0.39, 0.29) is 11.8 Å². The first-order chi connectivity index (χ1) is 13.2. The molecule has 1 saturated heterocycles. The van der Waals surface area contributed by atoms with Crippen molar-refractivity contribution in [1.82, 2.24) is 14.8 Å². The SMILES string of the molecule is O=C(NCc1ccccc1)C1CCN(Cn2c(=S)oc3ccccc32)CC1. The van der Waals surface area contributed by atoms with Gasteiger partial charge >= 0.3 is 0 Å². The molecule has 140 valence electrons. The van der Waals surface area contributed by atoms with Crippen molar-refractivity contribution in [3.63, 3.8) is 0 Å². The third kappa shape index (κ3) is 4.12. The molecule has 1 amide bonds. The number of benzene rings is 2. The van der Waals surface area contributed by atoms with E-state index in [9.17, 15) is 4.79 Å². The summed E-state index contributed by atoms with van der Waals surface area (Å²) in [6.45, 7) is 3.06. The summed E-state index contributed by atoms with van der Waals surface area (Å²) in [7, 11) is 0. The standard InChI is InChI=1S/C21H23N3O2S/c25-20(22-14-16-6-2-1-3-7-16)17-10-12-23(13-11-17)15-24-18-8-4-5-9-19(18)26-21(24)27/h1-9,17H,10-15H2,(H,22,25). The zero-order valence-electron chi connectivity index (χ0n) is 15.1. The third-order valence-corrected chi connectivity index (χ3v) is 5.49. The summed E-state index contributed by atoms with van der Waals surface area (Å²) in [6, 6.07) is 17.9. The highest BCUT2D eigenvalue weighted by Gasteiger charge is 2.25. The predicted molar refractivity (Wildman–Crippen MR) is 108 cm³/mol. The maximum atomic E-state index is 12.5. The zero-order valence-corrected chi connectivity index (χ0v) is 16.0. The van der Waals surface area contributed by atoms with Gasteiger partial charge in [-0.15, -0.1) is 0 Å². The van der Waals surface area contributed by atoms with E-state index in [2.05, 4.69) is 10.2 Å². The molecular formula is C21H23N3O2S. The molecule has 3 aromatic rings. The fourth-order valence-electron chi connectivity index (χ4n) is 3.61. The molecule has 0 saturated carbocycles. The quantitative estimate of drug-likeness (QED) is 0.680. The van der Waals surface area contributed by atoms with Crippen molar-refractivity contribution in [3.8, 4) is 0 Å². The maximum absolute atomic E-state index is 12.5. The number of nitrogens with one attached hydrogen (secondary N) is 1. The lowest BCUT2D eigenvalue weighted by atomic mass is 9.96. The number of fused-ring (bicyclic) bond motifs is 1. The van der Waals surface area contributed by atoms with Crippen LogP contribution in [0, 0.1) is 10.8 Å². The largest absolute Gasteiger partial charge is 0.429 e. The Morgan fingerprint density at radius 3 is 2.56 bits per heavy atom. The normalized spacial score (nSPS) is 15.9. The number of piperidine rings is 1. The topological polar surface area (TPSA) is 50.4 Å². The van der Waals surface area contributed by atoms with Gasteiger partial charge in [0.15, 0.2) is 5.58 Å². The number of carbonyl (C=O) groups is 1. The Bertz CT molecular complexity index is 972. The molecule has 0 aliphatic carbocycles. The Morgan fingerprint density at radius 2 is 1.78 bits per heavy atom. The summed E-state index contributed by atoms with van der Waals surface area (Å²) in [5.74, 6) is 0.239. The highest BCUT2D eigenvalue weighted by molar-refractivity contribution is 7.71. The Balaban J connectivity index is 1.31. The minimum atomic E-state index is 0.0824. The molecular weight excluding hydrogens is 358 g/mol. The average molecular weight is 382 g/mol. The number of rotatable bonds is 5. The molecule has 4 rings (SSSR count). The highest BCUT2D eigenvalue weighted by Crippen LogP contribution is 2.21. The number of aromatic nitrogens is 1. The lowest BCUT2D eigenvalue weighted by Crippen LogP contribution is -2.40. The second-order valence-electron chi connectivity index (χ2n) is 7.00. The van der Waals surface area contributed by atoms with Gasteiger partial charge in [0.05, 0.1) is 12.2 Å². The van der Waals surface area contributed by atoms with E-state index >= 15 is 0 Å². The summed E-state index contributed by atoms with van der Waals surface area (Å²) in [4.78, 5) is 15.3. The molecule has 27 heavy (non-hydrogen) atoms. The van der Waals surface area contributed by atoms with E-state index in [0.717, 1.165) is 42.6 Å². The van der Waals surface area contributed by atoms with Crippen molar-refractivity contribution in [2.75, 3.05) is 13.1 Å². The van der Waals surface area contributed by atoms with E-state index in [1.807, 2.05) is 59.2 Å². The second kappa shape index (κ2) is 8.06. The molecule has 0 spiro atoms. The lowest BCUT2D eigenvalue weighted by molar-refractivity contribution is -0.126. The molecule has 1 N–H and O–H groups in total. The van der Waals surface area contributed by atoms with E-state index < -0.39 is 0 Å². The molecule has 0 unspecified atom stereocenters. The molecule has 1 fully saturated rings. The van der Waals surface area contributed by atoms with Crippen LogP contribution in [0.2, 0.25) is 0 Å². The van der Waals surface area contributed by atoms with Gasteiger partial charge in [0, 0.05) is 25.6 Å². The van der Waals surface area contributed by atoms with Crippen LogP contribution in [0.3, 0.4) is 0 Å². The van der Waals surface area contributed by atoms with Gasteiger partial charge in [-0.1, -0.05) is 42.5 Å². The van der Waals surface area contributed by atoms with Crippen LogP contribution in [0.4, 0.5) is 0 Å². The van der Waals surface area contributed by atoms with Crippen LogP contribution in [0.15, 0.2) is 59.0 Å². The van der Waals surface area contributed by atoms with E-state index in [1.165, 1.54) is 0 Å². The molecule has 5 nitrogen and oxygen atoms in total. The fraction of sp³-hybridized carbons (Fsp3) is 0.333. The van der Waals surface area contributed by atoms with Crippen molar-refractivity contribution in [2.24, 2.45) is 5.92 Å². The number of amides is 1. The molecule has 2 heterocycles. The van der Waals surface area contributed by atoms with Gasteiger partial charge in [-0.05, 0) is 42.8 Å². The van der Waals surface area contributed by atoms with Gasteiger partial charge in [0.25, 0.3) is 4.84 Å². The molecule has 1 aliphatic heterocycles. The summed E-state index contributed by atoms with van der Waals surface area (Å²) < 4.78 is 7.69. The number of nitrogens with zero attached hydrogens (tertiary/aromatic N) is 2. The van der Waals surface area contributed by atoms with Gasteiger partial charge in [0.1, 0.15) is 0 Å². The third-order valence-electron chi connectivity index (χ3n) is 5.18. The summed E-state index contributed by atoms with van der Waals surface area (Å²) in [6.07, 6.45) is 1.73. The molecule has 6 heteroatoms. The van der Waals surface area contributed by atoms with E-state index in [4.69, 9.17) is 16.6 Å². The number of oxazole rings is 1. The van der Waals surface area contributed by atoms with Crippen molar-refractivity contribution in [2.45, 2.75) is 26.1 Å². The van der Waals surface area contributed by atoms with Gasteiger partial charge in [0.2, 0.25) is 5.91 Å². The highest BCUT2D eigenvalue weighted by atomic mass is 32.1. The van der Waals surface area contributed by atoms with Crippen LogP contribution in [0.5, 0.6) is 0 Å². The first-order valence-corrected chi connectivity index (χ1v) is 9.74. The first kappa shape index (κ1) is 17.9. The number of likely N-dealkylation sites (tertiary alicyclic amines) is 1. The van der Waals surface area contributed by atoms with Crippen molar-refractivity contribution >= 4 is 29.2 Å². The molecule has 0 atom stereocenters. The predicted octanol–water partition coefficient (Wildman–Crippen LogP) is 3.95. The van der Waals surface area contributed by atoms with Gasteiger partial charge in [-0.3, -0.25) is 14.3 Å². The van der Waals surface area contributed by atoms with Crippen LogP contribution >= 0.6 is 12.2 Å². The number of carbonyl (C=O) groups excluding carboxylic acids is 1. The number of para-hydroxylation sites is 2. The van der Waals surface area contributed by atoms with Gasteiger partial charge in [-0.25, -0.2) is 0 Å². The van der Waals surface area contributed by atoms with Crippen molar-refractivity contribution in [3.05, 3.63) is 65.0 Å². The van der Waals surface area contributed by atoms with Crippen LogP contribution in [0.25, 0.3) is 11.1 Å². The van der Waals surface area contributed by atoms with Gasteiger partial charge < -0.3 is 9.73 Å². The summed E-state index contributed by atoms with van der Waals surface area (Å²) in [5, 5.41) is 3.07. The minimum absolute atomic E-state index is 0.0824. The summed E-state index contributed by atoms with van der Waals surface area (Å²) >= 11 is 5.37. The molecule has 0 radical (unpaired) electrons. The van der Waals surface area contributed by atoms with Crippen molar-refractivity contribution in [1.29, 1.82) is 0 Å². The maximum Gasteiger partial charge on any atom is 0.270 e. The Kier molecular flexibility index (Phi) is 5.36. The first-order valence-electron chi connectivity index (χ1n) is 9.33. The summed E-state index contributed by atoms with van der Waals surface area (Å²) in [5.41, 5.74) is 2.97. The monoisotopic (exact) mass is 381 g/mol. The van der Waals surface area contributed by atoms with Crippen LogP contribution in [0.1, 0.15) is 18.4 Å². The van der Waals surface area contributed by atoms with E-state index in [0.29, 0.717) is 18.1 Å². The van der Waals surface area contributed by atoms with E-state index in [1.54, 1.807) is 0 Å². The average Bonchev–Trinajstić information content (AvgIpc) is 3.03. The Morgan fingerprint density at radius 1 is 1.07 bits per heavy atom. The van der Waals surface area contributed by atoms with Crippen LogP contribution in [-0.2, 0) is 18.0 Å².